The lowest BCUT2D eigenvalue weighted by atomic mass is 10.1. The van der Waals surface area contributed by atoms with Gasteiger partial charge < -0.3 is 15.3 Å². The predicted octanol–water partition coefficient (Wildman–Crippen LogP) is 3.03. The highest BCUT2D eigenvalue weighted by molar-refractivity contribution is 5.68. The van der Waals surface area contributed by atoms with E-state index in [1.54, 1.807) is 6.07 Å². The quantitative estimate of drug-likeness (QED) is 0.670. The molecule has 0 aliphatic carbocycles. The van der Waals surface area contributed by atoms with Crippen molar-refractivity contribution in [2.24, 2.45) is 0 Å². The van der Waals surface area contributed by atoms with Crippen molar-refractivity contribution in [3.05, 3.63) is 41.4 Å². The molecule has 0 aliphatic heterocycles. The first kappa shape index (κ1) is 17.0. The van der Waals surface area contributed by atoms with E-state index < -0.39 is 11.7 Å². The molecule has 116 valence electrons. The molecule has 1 rings (SSSR count). The third-order valence-corrected chi connectivity index (χ3v) is 2.74. The van der Waals surface area contributed by atoms with Crippen LogP contribution >= 0.6 is 0 Å². The van der Waals surface area contributed by atoms with E-state index in [2.05, 4.69) is 5.32 Å². The molecule has 1 unspecified atom stereocenters. The smallest absolute Gasteiger partial charge is 0.407 e. The first-order valence-electron chi connectivity index (χ1n) is 7.15. The fourth-order valence-corrected chi connectivity index (χ4v) is 1.74. The Hall–Kier alpha value is -2.04. The zero-order valence-electron chi connectivity index (χ0n) is 13.1. The number of nitrogens with one attached hydrogen (secondary N) is 1. The zero-order valence-corrected chi connectivity index (χ0v) is 13.1. The summed E-state index contributed by atoms with van der Waals surface area (Å²) in [4.78, 5) is 11.7. The molecule has 5 nitrogen and oxygen atoms in total. The number of pyridine rings is 1. The van der Waals surface area contributed by atoms with Crippen molar-refractivity contribution in [3.63, 3.8) is 0 Å². The van der Waals surface area contributed by atoms with Crippen LogP contribution in [-0.2, 0) is 4.74 Å². The lowest BCUT2D eigenvalue weighted by Crippen LogP contribution is -2.38. The van der Waals surface area contributed by atoms with Crippen molar-refractivity contribution in [2.45, 2.75) is 52.2 Å². The lowest BCUT2D eigenvalue weighted by molar-refractivity contribution is -0.605. The molecule has 0 radical (unpaired) electrons. The molecule has 1 N–H and O–H groups in total. The van der Waals surface area contributed by atoms with Gasteiger partial charge in [0.15, 0.2) is 12.4 Å². The van der Waals surface area contributed by atoms with E-state index in [-0.39, 0.29) is 6.04 Å². The average molecular weight is 292 g/mol. The summed E-state index contributed by atoms with van der Waals surface area (Å²) in [5.41, 5.74) is 0.337. The summed E-state index contributed by atoms with van der Waals surface area (Å²) in [6.45, 7) is 7.51. The van der Waals surface area contributed by atoms with E-state index in [0.29, 0.717) is 6.42 Å². The van der Waals surface area contributed by atoms with Gasteiger partial charge in [0.2, 0.25) is 0 Å². The second kappa shape index (κ2) is 7.67. The molecular weight excluding hydrogens is 268 g/mol. The van der Waals surface area contributed by atoms with Crippen molar-refractivity contribution < 1.29 is 14.3 Å². The number of aromatic nitrogens is 1. The number of carbonyl (C=O) groups excluding carboxylic acids is 1. The third-order valence-electron chi connectivity index (χ3n) is 2.74. The van der Waals surface area contributed by atoms with Gasteiger partial charge in [-0.2, -0.15) is 4.73 Å². The number of alkyl carbamates (subject to hydrolysis) is 1. The zero-order chi connectivity index (χ0) is 15.9. The second-order valence-electron chi connectivity index (χ2n) is 5.89. The lowest BCUT2D eigenvalue weighted by Gasteiger charge is -2.22. The molecule has 0 fully saturated rings. The van der Waals surface area contributed by atoms with Gasteiger partial charge in [-0.05, 0) is 39.7 Å². The number of rotatable bonds is 5. The Bertz CT molecular complexity index is 493. The third kappa shape index (κ3) is 7.34. The summed E-state index contributed by atoms with van der Waals surface area (Å²) in [5.74, 6) is 0. The maximum atomic E-state index is 11.7. The van der Waals surface area contributed by atoms with Crippen LogP contribution in [0.15, 0.2) is 30.6 Å². The largest absolute Gasteiger partial charge is 0.619 e. The minimum Gasteiger partial charge on any atom is -0.619 e. The molecule has 0 aliphatic rings. The van der Waals surface area contributed by atoms with Crippen molar-refractivity contribution >= 4 is 12.2 Å². The molecule has 1 amide bonds. The van der Waals surface area contributed by atoms with Gasteiger partial charge in [-0.3, -0.25) is 0 Å². The number of carbonyl (C=O) groups is 1. The van der Waals surface area contributed by atoms with Crippen LogP contribution in [0.5, 0.6) is 0 Å². The molecular formula is C16H24N2O3. The Balaban J connectivity index is 2.49. The predicted molar refractivity (Wildman–Crippen MR) is 82.5 cm³/mol. The summed E-state index contributed by atoms with van der Waals surface area (Å²) < 4.78 is 5.99. The molecule has 0 spiro atoms. The summed E-state index contributed by atoms with van der Waals surface area (Å²) >= 11 is 0. The molecule has 0 saturated carbocycles. The minimum absolute atomic E-state index is 0.0131. The van der Waals surface area contributed by atoms with Crippen molar-refractivity contribution in [2.75, 3.05) is 0 Å². The Morgan fingerprint density at radius 3 is 2.81 bits per heavy atom. The van der Waals surface area contributed by atoms with Crippen LogP contribution in [0.3, 0.4) is 0 Å². The van der Waals surface area contributed by atoms with Crippen molar-refractivity contribution in [3.8, 4) is 0 Å². The molecule has 5 heteroatoms. The van der Waals surface area contributed by atoms with E-state index in [1.807, 2.05) is 45.9 Å². The maximum absolute atomic E-state index is 11.7. The van der Waals surface area contributed by atoms with Crippen LogP contribution in [0.4, 0.5) is 4.79 Å². The Labute approximate surface area is 126 Å². The molecule has 1 atom stereocenters. The van der Waals surface area contributed by atoms with Crippen LogP contribution in [0.1, 0.15) is 46.1 Å². The van der Waals surface area contributed by atoms with Gasteiger partial charge in [0.25, 0.3) is 0 Å². The van der Waals surface area contributed by atoms with Gasteiger partial charge in [-0.1, -0.05) is 19.1 Å². The van der Waals surface area contributed by atoms with Gasteiger partial charge >= 0.3 is 6.09 Å². The summed E-state index contributed by atoms with van der Waals surface area (Å²) in [5, 5.41) is 14.0. The number of hydrogen-bond acceptors (Lipinski definition) is 3. The number of hydrogen-bond donors (Lipinski definition) is 1. The Morgan fingerprint density at radius 2 is 2.24 bits per heavy atom. The molecule has 21 heavy (non-hydrogen) atoms. The normalized spacial score (nSPS) is 13.1. The minimum atomic E-state index is -0.496. The molecule has 0 saturated heterocycles. The van der Waals surface area contributed by atoms with Crippen molar-refractivity contribution in [1.82, 2.24) is 5.32 Å². The van der Waals surface area contributed by atoms with Gasteiger partial charge in [0.05, 0.1) is 0 Å². The van der Waals surface area contributed by atoms with E-state index >= 15 is 0 Å². The average Bonchev–Trinajstić information content (AvgIpc) is 2.35. The van der Waals surface area contributed by atoms with Crippen molar-refractivity contribution in [1.29, 1.82) is 0 Å². The summed E-state index contributed by atoms with van der Waals surface area (Å²) in [6.07, 6.45) is 7.84. The highest BCUT2D eigenvalue weighted by Crippen LogP contribution is 2.09. The number of nitrogens with zero attached hydrogens (tertiary/aromatic N) is 1. The monoisotopic (exact) mass is 292 g/mol. The molecule has 0 aromatic carbocycles. The fourth-order valence-electron chi connectivity index (χ4n) is 1.74. The van der Waals surface area contributed by atoms with E-state index in [0.717, 1.165) is 16.7 Å². The Kier molecular flexibility index (Phi) is 6.21. The van der Waals surface area contributed by atoms with Crippen LogP contribution in [-0.4, -0.2) is 17.7 Å². The van der Waals surface area contributed by atoms with Gasteiger partial charge in [-0.15, -0.1) is 0 Å². The number of ether oxygens (including phenoxy) is 1. The van der Waals surface area contributed by atoms with Crippen LogP contribution in [0, 0.1) is 5.21 Å². The van der Waals surface area contributed by atoms with E-state index in [1.165, 1.54) is 12.4 Å². The highest BCUT2D eigenvalue weighted by atomic mass is 16.6. The van der Waals surface area contributed by atoms with E-state index in [9.17, 15) is 10.0 Å². The maximum Gasteiger partial charge on any atom is 0.407 e. The van der Waals surface area contributed by atoms with Gasteiger partial charge in [0, 0.05) is 17.7 Å². The summed E-state index contributed by atoms with van der Waals surface area (Å²) in [7, 11) is 0. The molecule has 0 bridgehead atoms. The van der Waals surface area contributed by atoms with E-state index in [4.69, 9.17) is 4.74 Å². The standard InChI is InChI=1S/C16H24N2O3/c1-5-14(17-15(19)21-16(2,3)4)10-6-8-13-9-7-11-18(20)12-13/h6-9,11-12,14H,5,10H2,1-4H3,(H,17,19). The SMILES string of the molecule is CCC(CC=Cc1ccc[n+]([O-])c1)NC(=O)OC(C)(C)C. The second-order valence-corrected chi connectivity index (χ2v) is 5.89. The first-order valence-corrected chi connectivity index (χ1v) is 7.15. The highest BCUT2D eigenvalue weighted by Gasteiger charge is 2.18. The van der Waals surface area contributed by atoms with Crippen LogP contribution in [0.2, 0.25) is 0 Å². The fraction of sp³-hybridized carbons (Fsp3) is 0.500. The molecule has 1 aromatic rings. The number of amides is 1. The topological polar surface area (TPSA) is 65.3 Å². The summed E-state index contributed by atoms with van der Waals surface area (Å²) in [6, 6.07) is 3.56. The Morgan fingerprint density at radius 1 is 1.52 bits per heavy atom. The molecule has 1 aromatic heterocycles. The van der Waals surface area contributed by atoms with Crippen LogP contribution < -0.4 is 10.0 Å². The van der Waals surface area contributed by atoms with Crippen LogP contribution in [0.25, 0.3) is 6.08 Å². The van der Waals surface area contributed by atoms with Gasteiger partial charge in [-0.25, -0.2) is 4.79 Å². The first-order chi connectivity index (χ1) is 9.80. The van der Waals surface area contributed by atoms with Gasteiger partial charge in [0.1, 0.15) is 5.60 Å². The molecule has 1 heterocycles.